The van der Waals surface area contributed by atoms with Crippen molar-refractivity contribution >= 4 is 17.4 Å². The number of carbonyl (C=O) groups excluding carboxylic acids is 1. The number of aromatic nitrogens is 1. The normalized spacial score (nSPS) is 18.9. The maximum absolute atomic E-state index is 12.1. The lowest BCUT2D eigenvalue weighted by Gasteiger charge is -2.37. The highest BCUT2D eigenvalue weighted by Gasteiger charge is 2.37. The van der Waals surface area contributed by atoms with Gasteiger partial charge in [-0.2, -0.15) is 0 Å². The summed E-state index contributed by atoms with van der Waals surface area (Å²) in [6.45, 7) is 7.90. The van der Waals surface area contributed by atoms with Crippen LogP contribution in [0.25, 0.3) is 0 Å². The smallest absolute Gasteiger partial charge is 0.317 e. The van der Waals surface area contributed by atoms with Crippen LogP contribution < -0.4 is 5.32 Å². The van der Waals surface area contributed by atoms with Crippen LogP contribution in [0.5, 0.6) is 0 Å². The summed E-state index contributed by atoms with van der Waals surface area (Å²) in [5.41, 5.74) is 2.65. The standard InChI is InChI=1S/C22H28N4O2S/c1-2-10-23-21(27)26-12-8-22(28,9-13-26)19-16-29-20(24-19)15-25-11-7-17-5-3-4-6-18(17)14-25/h2-6,16,28H,1,7-15H2,(H,23,27). The van der Waals surface area contributed by atoms with E-state index in [0.29, 0.717) is 32.5 Å². The maximum Gasteiger partial charge on any atom is 0.317 e. The van der Waals surface area contributed by atoms with Crippen LogP contribution in [0, 0.1) is 0 Å². The Labute approximate surface area is 175 Å². The van der Waals surface area contributed by atoms with Crippen LogP contribution in [0.4, 0.5) is 4.79 Å². The van der Waals surface area contributed by atoms with Gasteiger partial charge in [0.1, 0.15) is 10.6 Å². The maximum atomic E-state index is 12.1. The van der Waals surface area contributed by atoms with E-state index in [9.17, 15) is 9.90 Å². The topological polar surface area (TPSA) is 68.7 Å². The Morgan fingerprint density at radius 2 is 2.03 bits per heavy atom. The summed E-state index contributed by atoms with van der Waals surface area (Å²) < 4.78 is 0. The van der Waals surface area contributed by atoms with E-state index in [1.807, 2.05) is 5.38 Å². The Morgan fingerprint density at radius 3 is 2.79 bits per heavy atom. The molecule has 29 heavy (non-hydrogen) atoms. The van der Waals surface area contributed by atoms with Gasteiger partial charge in [-0.3, -0.25) is 4.90 Å². The van der Waals surface area contributed by atoms with E-state index < -0.39 is 5.60 Å². The molecule has 1 aromatic carbocycles. The number of piperidine rings is 1. The van der Waals surface area contributed by atoms with Crippen molar-refractivity contribution in [3.05, 3.63) is 64.1 Å². The molecule has 154 valence electrons. The zero-order valence-electron chi connectivity index (χ0n) is 16.6. The number of nitrogens with zero attached hydrogens (tertiary/aromatic N) is 3. The molecule has 2 aliphatic heterocycles. The van der Waals surface area contributed by atoms with Gasteiger partial charge in [-0.25, -0.2) is 9.78 Å². The number of hydrogen-bond donors (Lipinski definition) is 2. The lowest BCUT2D eigenvalue weighted by atomic mass is 9.89. The number of thiazole rings is 1. The zero-order valence-corrected chi connectivity index (χ0v) is 17.5. The van der Waals surface area contributed by atoms with Crippen LogP contribution in [-0.2, 0) is 25.1 Å². The molecule has 0 bridgehead atoms. The highest BCUT2D eigenvalue weighted by molar-refractivity contribution is 7.09. The largest absolute Gasteiger partial charge is 0.383 e. The minimum Gasteiger partial charge on any atom is -0.383 e. The molecule has 6 nitrogen and oxygen atoms in total. The molecule has 0 aliphatic carbocycles. The summed E-state index contributed by atoms with van der Waals surface area (Å²) in [7, 11) is 0. The van der Waals surface area contributed by atoms with E-state index in [2.05, 4.69) is 41.1 Å². The molecule has 0 atom stereocenters. The van der Waals surface area contributed by atoms with Gasteiger partial charge in [-0.15, -0.1) is 17.9 Å². The minimum atomic E-state index is -0.946. The number of fused-ring (bicyclic) bond motifs is 1. The quantitative estimate of drug-likeness (QED) is 0.741. The van der Waals surface area contributed by atoms with Gasteiger partial charge in [0.05, 0.1) is 12.2 Å². The first-order chi connectivity index (χ1) is 14.1. The first-order valence-electron chi connectivity index (χ1n) is 10.2. The highest BCUT2D eigenvalue weighted by atomic mass is 32.1. The fourth-order valence-electron chi connectivity index (χ4n) is 4.08. The molecule has 3 heterocycles. The fraction of sp³-hybridized carbons (Fsp3) is 0.455. The molecular weight excluding hydrogens is 384 g/mol. The van der Waals surface area contributed by atoms with Gasteiger partial charge < -0.3 is 15.3 Å². The third kappa shape index (κ3) is 4.52. The van der Waals surface area contributed by atoms with Crippen molar-refractivity contribution in [2.24, 2.45) is 0 Å². The van der Waals surface area contributed by atoms with Crippen LogP contribution in [0.15, 0.2) is 42.3 Å². The van der Waals surface area contributed by atoms with Crippen molar-refractivity contribution < 1.29 is 9.90 Å². The van der Waals surface area contributed by atoms with Crippen LogP contribution in [0.3, 0.4) is 0 Å². The second-order valence-electron chi connectivity index (χ2n) is 7.85. The Kier molecular flexibility index (Phi) is 5.99. The Bertz CT molecular complexity index is 873. The van der Waals surface area contributed by atoms with Crippen LogP contribution in [0.2, 0.25) is 0 Å². The van der Waals surface area contributed by atoms with Gasteiger partial charge in [-0.05, 0) is 30.4 Å². The van der Waals surface area contributed by atoms with E-state index >= 15 is 0 Å². The number of aliphatic hydroxyl groups is 1. The molecule has 0 radical (unpaired) electrons. The monoisotopic (exact) mass is 412 g/mol. The molecule has 1 fully saturated rings. The third-order valence-corrected chi connectivity index (χ3v) is 6.71. The molecule has 2 amide bonds. The van der Waals surface area contributed by atoms with Gasteiger partial charge >= 0.3 is 6.03 Å². The number of urea groups is 1. The van der Waals surface area contributed by atoms with Crippen molar-refractivity contribution in [3.8, 4) is 0 Å². The number of carbonyl (C=O) groups is 1. The summed E-state index contributed by atoms with van der Waals surface area (Å²) in [4.78, 5) is 21.0. The van der Waals surface area contributed by atoms with Gasteiger partial charge in [0, 0.05) is 38.1 Å². The first-order valence-corrected chi connectivity index (χ1v) is 11.1. The fourth-order valence-corrected chi connectivity index (χ4v) is 5.01. The number of rotatable bonds is 5. The van der Waals surface area contributed by atoms with Crippen molar-refractivity contribution in [2.45, 2.75) is 38.0 Å². The van der Waals surface area contributed by atoms with Gasteiger partial charge in [-0.1, -0.05) is 30.3 Å². The second-order valence-corrected chi connectivity index (χ2v) is 8.79. The minimum absolute atomic E-state index is 0.101. The molecule has 0 saturated carbocycles. The zero-order chi connectivity index (χ0) is 20.3. The average molecular weight is 413 g/mol. The molecule has 2 aromatic rings. The molecule has 0 unspecified atom stereocenters. The molecule has 2 aliphatic rings. The number of nitrogens with one attached hydrogen (secondary N) is 1. The van der Waals surface area contributed by atoms with Crippen LogP contribution in [-0.4, -0.2) is 52.1 Å². The average Bonchev–Trinajstić information content (AvgIpc) is 3.22. The van der Waals surface area contributed by atoms with Crippen molar-refractivity contribution in [2.75, 3.05) is 26.2 Å². The molecular formula is C22H28N4O2S. The lowest BCUT2D eigenvalue weighted by molar-refractivity contribution is -0.0199. The Morgan fingerprint density at radius 1 is 1.28 bits per heavy atom. The van der Waals surface area contributed by atoms with E-state index in [0.717, 1.165) is 36.8 Å². The number of likely N-dealkylation sites (tertiary alicyclic amines) is 1. The molecule has 1 saturated heterocycles. The Balaban J connectivity index is 1.34. The summed E-state index contributed by atoms with van der Waals surface area (Å²) in [5, 5.41) is 16.9. The molecule has 4 rings (SSSR count). The predicted octanol–water partition coefficient (Wildman–Crippen LogP) is 2.88. The van der Waals surface area contributed by atoms with Gasteiger partial charge in [0.15, 0.2) is 0 Å². The van der Waals surface area contributed by atoms with Gasteiger partial charge in [0.2, 0.25) is 0 Å². The molecule has 1 aromatic heterocycles. The second kappa shape index (κ2) is 8.65. The van der Waals surface area contributed by atoms with E-state index in [-0.39, 0.29) is 6.03 Å². The molecule has 7 heteroatoms. The van der Waals surface area contributed by atoms with E-state index in [1.165, 1.54) is 11.1 Å². The van der Waals surface area contributed by atoms with Crippen LogP contribution >= 0.6 is 11.3 Å². The Hall–Kier alpha value is -2.22. The SMILES string of the molecule is C=CCNC(=O)N1CCC(O)(c2csc(CN3CCc4ccccc4C3)n2)CC1. The van der Waals surface area contributed by atoms with E-state index in [4.69, 9.17) is 4.98 Å². The third-order valence-electron chi connectivity index (χ3n) is 5.87. The van der Waals surface area contributed by atoms with Crippen LogP contribution in [0.1, 0.15) is 34.7 Å². The number of benzene rings is 1. The summed E-state index contributed by atoms with van der Waals surface area (Å²) >= 11 is 1.62. The highest BCUT2D eigenvalue weighted by Crippen LogP contribution is 2.34. The van der Waals surface area contributed by atoms with Crippen molar-refractivity contribution in [3.63, 3.8) is 0 Å². The number of hydrogen-bond acceptors (Lipinski definition) is 5. The molecule has 0 spiro atoms. The van der Waals surface area contributed by atoms with Crippen molar-refractivity contribution in [1.29, 1.82) is 0 Å². The first kappa shape index (κ1) is 20.1. The lowest BCUT2D eigenvalue weighted by Crippen LogP contribution is -2.48. The van der Waals surface area contributed by atoms with Crippen molar-refractivity contribution in [1.82, 2.24) is 20.1 Å². The summed E-state index contributed by atoms with van der Waals surface area (Å²) in [5.74, 6) is 0. The summed E-state index contributed by atoms with van der Waals surface area (Å²) in [6, 6.07) is 8.53. The number of amides is 2. The summed E-state index contributed by atoms with van der Waals surface area (Å²) in [6.07, 6.45) is 3.75. The van der Waals surface area contributed by atoms with Gasteiger partial charge in [0.25, 0.3) is 0 Å². The molecule has 2 N–H and O–H groups in total. The predicted molar refractivity (Wildman–Crippen MR) is 115 cm³/mol. The van der Waals surface area contributed by atoms with E-state index in [1.54, 1.807) is 22.3 Å².